The molecule has 2 aromatic carbocycles. The number of nitrogens with one attached hydrogen (secondary N) is 1. The van der Waals surface area contributed by atoms with Gasteiger partial charge < -0.3 is 9.73 Å². The first kappa shape index (κ1) is 22.6. The first-order chi connectivity index (χ1) is 14.6. The molecule has 0 saturated heterocycles. The zero-order chi connectivity index (χ0) is 22.5. The van der Waals surface area contributed by atoms with Crippen molar-refractivity contribution in [1.82, 2.24) is 10.3 Å². The molecule has 4 nitrogen and oxygen atoms in total. The SMILES string of the molecule is CC(C)(CNC(=O)CCCc1ncc(-c2ccccc2)o1)c1cccc(C(F)(F)F)c1. The number of alkyl halides is 3. The summed E-state index contributed by atoms with van der Waals surface area (Å²) < 4.78 is 44.6. The Kier molecular flexibility index (Phi) is 6.83. The summed E-state index contributed by atoms with van der Waals surface area (Å²) in [6.07, 6.45) is -1.36. The first-order valence-corrected chi connectivity index (χ1v) is 10.1. The van der Waals surface area contributed by atoms with E-state index in [4.69, 9.17) is 4.42 Å². The van der Waals surface area contributed by atoms with Crippen molar-refractivity contribution in [3.63, 3.8) is 0 Å². The monoisotopic (exact) mass is 430 g/mol. The van der Waals surface area contributed by atoms with Crippen LogP contribution in [0, 0.1) is 0 Å². The van der Waals surface area contributed by atoms with Gasteiger partial charge in [-0.1, -0.05) is 62.4 Å². The minimum atomic E-state index is -4.39. The number of oxazole rings is 1. The van der Waals surface area contributed by atoms with Crippen LogP contribution in [-0.4, -0.2) is 17.4 Å². The molecular weight excluding hydrogens is 405 g/mol. The van der Waals surface area contributed by atoms with Crippen LogP contribution in [0.15, 0.2) is 65.2 Å². The second kappa shape index (κ2) is 9.37. The number of benzene rings is 2. The summed E-state index contributed by atoms with van der Waals surface area (Å²) in [6, 6.07) is 14.9. The Hall–Kier alpha value is -3.09. The van der Waals surface area contributed by atoms with Crippen LogP contribution in [0.3, 0.4) is 0 Å². The van der Waals surface area contributed by atoms with Gasteiger partial charge in [0, 0.05) is 30.4 Å². The molecule has 1 N–H and O–H groups in total. The molecule has 0 spiro atoms. The van der Waals surface area contributed by atoms with E-state index in [1.54, 1.807) is 26.1 Å². The molecule has 3 rings (SSSR count). The molecule has 164 valence electrons. The average Bonchev–Trinajstić information content (AvgIpc) is 3.21. The highest BCUT2D eigenvalue weighted by atomic mass is 19.4. The van der Waals surface area contributed by atoms with Crippen LogP contribution in [0.25, 0.3) is 11.3 Å². The zero-order valence-corrected chi connectivity index (χ0v) is 17.5. The molecule has 0 fully saturated rings. The van der Waals surface area contributed by atoms with E-state index < -0.39 is 17.2 Å². The van der Waals surface area contributed by atoms with Gasteiger partial charge in [-0.05, 0) is 18.1 Å². The number of aryl methyl sites for hydroxylation is 1. The second-order valence-corrected chi connectivity index (χ2v) is 8.08. The van der Waals surface area contributed by atoms with E-state index in [0.717, 1.165) is 17.7 Å². The molecule has 0 aliphatic carbocycles. The Morgan fingerprint density at radius 3 is 2.45 bits per heavy atom. The lowest BCUT2D eigenvalue weighted by Crippen LogP contribution is -2.36. The highest BCUT2D eigenvalue weighted by Crippen LogP contribution is 2.32. The molecule has 0 aliphatic heterocycles. The van der Waals surface area contributed by atoms with Crippen molar-refractivity contribution in [2.45, 2.75) is 44.7 Å². The van der Waals surface area contributed by atoms with Gasteiger partial charge >= 0.3 is 6.18 Å². The summed E-state index contributed by atoms with van der Waals surface area (Å²) >= 11 is 0. The van der Waals surface area contributed by atoms with Crippen LogP contribution in [0.1, 0.15) is 43.7 Å². The van der Waals surface area contributed by atoms with Gasteiger partial charge in [-0.25, -0.2) is 4.98 Å². The first-order valence-electron chi connectivity index (χ1n) is 10.1. The Balaban J connectivity index is 1.47. The Morgan fingerprint density at radius 1 is 1.03 bits per heavy atom. The van der Waals surface area contributed by atoms with Gasteiger partial charge in [0.15, 0.2) is 11.7 Å². The maximum Gasteiger partial charge on any atom is 0.416 e. The fourth-order valence-corrected chi connectivity index (χ4v) is 3.19. The van der Waals surface area contributed by atoms with Gasteiger partial charge in [0.05, 0.1) is 11.8 Å². The van der Waals surface area contributed by atoms with E-state index in [-0.39, 0.29) is 18.9 Å². The van der Waals surface area contributed by atoms with Crippen LogP contribution in [0.4, 0.5) is 13.2 Å². The Morgan fingerprint density at radius 2 is 1.74 bits per heavy atom. The highest BCUT2D eigenvalue weighted by Gasteiger charge is 2.32. The molecule has 1 heterocycles. The maximum atomic E-state index is 13.0. The zero-order valence-electron chi connectivity index (χ0n) is 17.5. The fourth-order valence-electron chi connectivity index (χ4n) is 3.19. The normalized spacial score (nSPS) is 12.0. The van der Waals surface area contributed by atoms with E-state index in [1.165, 1.54) is 6.07 Å². The van der Waals surface area contributed by atoms with E-state index in [9.17, 15) is 18.0 Å². The number of halogens is 3. The van der Waals surface area contributed by atoms with Crippen molar-refractivity contribution in [2.75, 3.05) is 6.54 Å². The van der Waals surface area contributed by atoms with E-state index >= 15 is 0 Å². The number of hydrogen-bond donors (Lipinski definition) is 1. The van der Waals surface area contributed by atoms with Crippen LogP contribution in [0.2, 0.25) is 0 Å². The second-order valence-electron chi connectivity index (χ2n) is 8.08. The average molecular weight is 430 g/mol. The molecule has 0 unspecified atom stereocenters. The molecule has 0 radical (unpaired) electrons. The lowest BCUT2D eigenvalue weighted by atomic mass is 9.83. The molecular formula is C24H25F3N2O2. The minimum Gasteiger partial charge on any atom is -0.441 e. The third-order valence-corrected chi connectivity index (χ3v) is 5.11. The lowest BCUT2D eigenvalue weighted by Gasteiger charge is -2.26. The van der Waals surface area contributed by atoms with Crippen molar-refractivity contribution in [1.29, 1.82) is 0 Å². The largest absolute Gasteiger partial charge is 0.441 e. The van der Waals surface area contributed by atoms with Crippen LogP contribution in [-0.2, 0) is 22.8 Å². The van der Waals surface area contributed by atoms with Crippen LogP contribution in [0.5, 0.6) is 0 Å². The smallest absolute Gasteiger partial charge is 0.416 e. The van der Waals surface area contributed by atoms with Gasteiger partial charge in [-0.15, -0.1) is 0 Å². The van der Waals surface area contributed by atoms with Crippen LogP contribution < -0.4 is 5.32 Å². The van der Waals surface area contributed by atoms with E-state index in [1.807, 2.05) is 30.3 Å². The molecule has 3 aromatic rings. The van der Waals surface area contributed by atoms with Crippen molar-refractivity contribution in [3.05, 3.63) is 77.8 Å². The molecule has 0 atom stereocenters. The maximum absolute atomic E-state index is 13.0. The molecule has 0 aliphatic rings. The number of nitrogens with zero attached hydrogens (tertiary/aromatic N) is 1. The number of hydrogen-bond acceptors (Lipinski definition) is 3. The molecule has 0 saturated carbocycles. The number of amides is 1. The quantitative estimate of drug-likeness (QED) is 0.493. The third-order valence-electron chi connectivity index (χ3n) is 5.11. The summed E-state index contributed by atoms with van der Waals surface area (Å²) in [7, 11) is 0. The predicted octanol–water partition coefficient (Wildman–Crippen LogP) is 5.78. The van der Waals surface area contributed by atoms with Gasteiger partial charge in [-0.3, -0.25) is 4.79 Å². The summed E-state index contributed by atoms with van der Waals surface area (Å²) in [5, 5.41) is 2.83. The van der Waals surface area contributed by atoms with Gasteiger partial charge in [-0.2, -0.15) is 13.2 Å². The molecule has 7 heteroatoms. The Labute approximate surface area is 179 Å². The summed E-state index contributed by atoms with van der Waals surface area (Å²) in [6.45, 7) is 3.85. The van der Waals surface area contributed by atoms with Gasteiger partial charge in [0.1, 0.15) is 0 Å². The number of rotatable bonds is 8. The highest BCUT2D eigenvalue weighted by molar-refractivity contribution is 5.76. The standard InChI is InChI=1S/C24H25F3N2O2/c1-23(2,18-10-6-11-19(14-18)24(25,26)27)16-29-21(30)12-7-13-22-28-15-20(31-22)17-8-4-3-5-9-17/h3-6,8-11,14-15H,7,12-13,16H2,1-2H3,(H,29,30). The number of carbonyl (C=O) groups is 1. The summed E-state index contributed by atoms with van der Waals surface area (Å²) in [5.41, 5.74) is 0.140. The van der Waals surface area contributed by atoms with Crippen molar-refractivity contribution in [2.24, 2.45) is 0 Å². The summed E-state index contributed by atoms with van der Waals surface area (Å²) in [4.78, 5) is 16.5. The van der Waals surface area contributed by atoms with E-state index in [0.29, 0.717) is 30.1 Å². The predicted molar refractivity (Wildman–Crippen MR) is 112 cm³/mol. The molecule has 1 amide bonds. The van der Waals surface area contributed by atoms with Gasteiger partial charge in [0.25, 0.3) is 0 Å². The lowest BCUT2D eigenvalue weighted by molar-refractivity contribution is -0.137. The third kappa shape index (κ3) is 6.20. The number of aromatic nitrogens is 1. The van der Waals surface area contributed by atoms with Crippen molar-refractivity contribution >= 4 is 5.91 Å². The van der Waals surface area contributed by atoms with Crippen molar-refractivity contribution < 1.29 is 22.4 Å². The topological polar surface area (TPSA) is 55.1 Å². The molecule has 1 aromatic heterocycles. The van der Waals surface area contributed by atoms with Crippen molar-refractivity contribution in [3.8, 4) is 11.3 Å². The fraction of sp³-hybridized carbons (Fsp3) is 0.333. The summed E-state index contributed by atoms with van der Waals surface area (Å²) in [5.74, 6) is 1.09. The Bertz CT molecular complexity index is 1010. The molecule has 31 heavy (non-hydrogen) atoms. The van der Waals surface area contributed by atoms with E-state index in [2.05, 4.69) is 10.3 Å². The molecule has 0 bridgehead atoms. The van der Waals surface area contributed by atoms with Crippen LogP contribution >= 0.6 is 0 Å². The van der Waals surface area contributed by atoms with Gasteiger partial charge in [0.2, 0.25) is 5.91 Å². The number of carbonyl (C=O) groups excluding carboxylic acids is 1. The minimum absolute atomic E-state index is 0.158.